The zero-order valence-corrected chi connectivity index (χ0v) is 48.4. The van der Waals surface area contributed by atoms with E-state index in [1.54, 1.807) is 19.2 Å². The molecule has 1 amide bonds. The fourth-order valence-electron chi connectivity index (χ4n) is 14.3. The van der Waals surface area contributed by atoms with E-state index in [9.17, 15) is 28.4 Å². The van der Waals surface area contributed by atoms with E-state index in [2.05, 4.69) is 86.0 Å². The number of methoxy groups -OCH3 is 1. The maximum atomic E-state index is 15.4. The molecule has 7 aliphatic rings. The average Bonchev–Trinajstić information content (AvgIpc) is 2.41. The molecule has 3 aliphatic carbocycles. The van der Waals surface area contributed by atoms with Crippen LogP contribution in [0.1, 0.15) is 129 Å². The van der Waals surface area contributed by atoms with Gasteiger partial charge in [0.2, 0.25) is 5.88 Å². The Morgan fingerprint density at radius 3 is 2.53 bits per heavy atom. The standard InChI is InChI=1S/C63H74FN9O9S/c1-38(2)45-7-5-6-8-47(45)56-34-69(33-40-9-14-46(41-10-11-41)57(25-40)80-4)22-23-71(56)43-29-63(30-43)36-70(37-63)42-12-15-48(53(26-42)72-52-19-24-81-35-58(52)82-61-55(72)28-49-50(64)32-66-59(49)67-61)60(74)68-83(78,79)44-13-16-51(54(27-44)73(76)77)65-31-39-17-20-62(3,75)21-18-39/h5-9,12-16,25-28,32,38-39,41,43,52,56,58,65,75H,10-11,17-24,29-31,33-37H2,1-4H3,(H,66,67)(H,68,74)/t39-,52-,56-,58-,62-/m0/s1. The third-order valence-electron chi connectivity index (χ3n) is 19.1. The molecule has 438 valence electrons. The number of piperazine rings is 1. The van der Waals surface area contributed by atoms with Crippen molar-refractivity contribution in [2.24, 2.45) is 11.3 Å². The van der Waals surface area contributed by atoms with Crippen LogP contribution in [0.2, 0.25) is 0 Å². The molecule has 13 rings (SSSR count). The Morgan fingerprint density at radius 1 is 0.976 bits per heavy atom. The normalized spacial score (nSPS) is 24.6. The van der Waals surface area contributed by atoms with Gasteiger partial charge in [0.1, 0.15) is 34.7 Å². The lowest BCUT2D eigenvalue weighted by atomic mass is 9.59. The number of aliphatic hydroxyl groups is 1. The van der Waals surface area contributed by atoms with Gasteiger partial charge in [0.25, 0.3) is 21.6 Å². The number of sulfonamides is 1. The summed E-state index contributed by atoms with van der Waals surface area (Å²) in [6, 6.07) is 26.6. The molecule has 2 aromatic heterocycles. The number of nitrogens with zero attached hydrogens (tertiary/aromatic N) is 6. The number of carbonyl (C=O) groups excluding carboxylic acids is 1. The summed E-state index contributed by atoms with van der Waals surface area (Å²) in [6.45, 7) is 12.7. The number of fused-ring (bicyclic) bond motifs is 3. The van der Waals surface area contributed by atoms with E-state index in [0.717, 1.165) is 82.5 Å². The van der Waals surface area contributed by atoms with Crippen molar-refractivity contribution in [2.75, 3.05) is 74.7 Å². The van der Waals surface area contributed by atoms with Crippen molar-refractivity contribution < 1.29 is 41.8 Å². The highest BCUT2D eigenvalue weighted by atomic mass is 32.2. The van der Waals surface area contributed by atoms with Crippen molar-refractivity contribution in [3.63, 3.8) is 0 Å². The van der Waals surface area contributed by atoms with Crippen LogP contribution in [-0.2, 0) is 21.3 Å². The van der Waals surface area contributed by atoms with Gasteiger partial charge >= 0.3 is 0 Å². The highest BCUT2D eigenvalue weighted by Gasteiger charge is 2.55. The SMILES string of the molecule is COc1cc(CN2CCN(C3CC4(C3)CN(c3ccc(C(=O)NS(=O)(=O)c5ccc(NC[C@H]6CC[C@](C)(O)CC6)c([N+](=O)[O-])c5)c(N5c6cc7c(F)c[nH]c7nc6O[C@H]6COCC[C@@H]65)c3)C4)[C@H](c3ccccc3C(C)C)C2)ccc1C1CC1. The molecule has 0 radical (unpaired) electrons. The number of aromatic amines is 1. The van der Waals surface area contributed by atoms with Crippen LogP contribution in [0.15, 0.2) is 96.0 Å². The number of aromatic nitrogens is 2. The summed E-state index contributed by atoms with van der Waals surface area (Å²) >= 11 is 0. The number of nitro benzene ring substituents is 1. The minimum atomic E-state index is -4.69. The average molecular weight is 1150 g/mol. The topological polar surface area (TPSA) is 208 Å². The molecule has 3 atom stereocenters. The molecular formula is C63H74FN9O9S. The zero-order chi connectivity index (χ0) is 57.5. The molecule has 20 heteroatoms. The van der Waals surface area contributed by atoms with E-state index in [0.29, 0.717) is 61.7 Å². The van der Waals surface area contributed by atoms with Crippen molar-refractivity contribution in [1.82, 2.24) is 24.5 Å². The molecule has 3 saturated heterocycles. The van der Waals surface area contributed by atoms with Crippen molar-refractivity contribution in [2.45, 2.75) is 132 Å². The minimum Gasteiger partial charge on any atom is -0.496 e. The number of H-pyrrole nitrogens is 1. The Kier molecular flexibility index (Phi) is 14.4. The van der Waals surface area contributed by atoms with Crippen LogP contribution < -0.4 is 29.3 Å². The Morgan fingerprint density at radius 2 is 1.77 bits per heavy atom. The number of carbonyl (C=O) groups is 1. The maximum Gasteiger partial charge on any atom is 0.293 e. The second kappa shape index (κ2) is 21.7. The highest BCUT2D eigenvalue weighted by molar-refractivity contribution is 7.90. The third-order valence-corrected chi connectivity index (χ3v) is 20.4. The van der Waals surface area contributed by atoms with Crippen LogP contribution >= 0.6 is 0 Å². The van der Waals surface area contributed by atoms with Gasteiger partial charge in [-0.25, -0.2) is 17.5 Å². The number of hydrogen-bond acceptors (Lipinski definition) is 15. The Hall–Kier alpha value is -6.84. The molecule has 4 aromatic carbocycles. The smallest absolute Gasteiger partial charge is 0.293 e. The number of halogens is 1. The summed E-state index contributed by atoms with van der Waals surface area (Å²) in [4.78, 5) is 43.4. The van der Waals surface area contributed by atoms with Gasteiger partial charge in [0, 0.05) is 87.9 Å². The molecule has 3 saturated carbocycles. The van der Waals surface area contributed by atoms with E-state index < -0.39 is 55.0 Å². The molecular weight excluding hydrogens is 1080 g/mol. The number of nitro groups is 1. The number of pyridine rings is 1. The first-order valence-electron chi connectivity index (χ1n) is 29.6. The second-order valence-corrected chi connectivity index (χ2v) is 26.9. The fourth-order valence-corrected chi connectivity index (χ4v) is 15.3. The number of rotatable bonds is 16. The van der Waals surface area contributed by atoms with E-state index in [4.69, 9.17) is 19.2 Å². The second-order valence-electron chi connectivity index (χ2n) is 25.2. The first kappa shape index (κ1) is 55.4. The quantitative estimate of drug-likeness (QED) is 0.0525. The molecule has 0 bridgehead atoms. The lowest BCUT2D eigenvalue weighted by Crippen LogP contribution is -2.68. The van der Waals surface area contributed by atoms with Gasteiger partial charge in [-0.05, 0) is 147 Å². The van der Waals surface area contributed by atoms with Gasteiger partial charge in [-0.3, -0.25) is 24.7 Å². The van der Waals surface area contributed by atoms with Crippen molar-refractivity contribution in [3.05, 3.63) is 135 Å². The number of ether oxygens (including phenoxy) is 3. The van der Waals surface area contributed by atoms with Gasteiger partial charge in [-0.2, -0.15) is 4.98 Å². The molecule has 18 nitrogen and oxygen atoms in total. The molecule has 1 spiro atoms. The largest absolute Gasteiger partial charge is 0.496 e. The van der Waals surface area contributed by atoms with Crippen molar-refractivity contribution in [3.8, 4) is 11.6 Å². The minimum absolute atomic E-state index is 0.0181. The van der Waals surface area contributed by atoms with Gasteiger partial charge in [0.05, 0.1) is 51.8 Å². The Bertz CT molecular complexity index is 3590. The highest BCUT2D eigenvalue weighted by Crippen LogP contribution is 2.55. The number of anilines is 4. The summed E-state index contributed by atoms with van der Waals surface area (Å²) in [7, 11) is -2.91. The van der Waals surface area contributed by atoms with E-state index in [1.807, 2.05) is 24.0 Å². The van der Waals surface area contributed by atoms with Gasteiger partial charge in [0.15, 0.2) is 0 Å². The van der Waals surface area contributed by atoms with E-state index >= 15 is 4.39 Å². The van der Waals surface area contributed by atoms with Crippen molar-refractivity contribution >= 4 is 55.4 Å². The Balaban J connectivity index is 0.768. The number of benzene rings is 4. The summed E-state index contributed by atoms with van der Waals surface area (Å²) < 4.78 is 64.5. The molecule has 6 aromatic rings. The lowest BCUT2D eigenvalue weighted by Gasteiger charge is -2.63. The Labute approximate surface area is 483 Å². The van der Waals surface area contributed by atoms with Gasteiger partial charge in [-0.15, -0.1) is 0 Å². The van der Waals surface area contributed by atoms with Crippen LogP contribution in [0.5, 0.6) is 11.6 Å². The number of amides is 1. The lowest BCUT2D eigenvalue weighted by molar-refractivity contribution is -0.384. The number of nitrogens with one attached hydrogen (secondary N) is 3. The van der Waals surface area contributed by atoms with Gasteiger partial charge < -0.3 is 39.4 Å². The third kappa shape index (κ3) is 10.8. The first-order chi connectivity index (χ1) is 39.9. The predicted molar refractivity (Wildman–Crippen MR) is 315 cm³/mol. The number of hydrogen-bond donors (Lipinski definition) is 4. The molecule has 0 unspecified atom stereocenters. The molecule has 83 heavy (non-hydrogen) atoms. The fraction of sp³-hybridized carbons (Fsp3) is 0.492. The molecule has 6 heterocycles. The van der Waals surface area contributed by atoms with Crippen LogP contribution in [0, 0.1) is 27.3 Å². The van der Waals surface area contributed by atoms with Crippen LogP contribution in [0.25, 0.3) is 11.0 Å². The monoisotopic (exact) mass is 1150 g/mol. The van der Waals surface area contributed by atoms with Crippen LogP contribution in [0.3, 0.4) is 0 Å². The summed E-state index contributed by atoms with van der Waals surface area (Å²) in [5, 5.41) is 26.2. The van der Waals surface area contributed by atoms with Gasteiger partial charge in [-0.1, -0.05) is 50.2 Å². The predicted octanol–water partition coefficient (Wildman–Crippen LogP) is 10.3. The van der Waals surface area contributed by atoms with Crippen LogP contribution in [0.4, 0.5) is 32.8 Å². The summed E-state index contributed by atoms with van der Waals surface area (Å²) in [6.07, 6.45) is 8.42. The van der Waals surface area contributed by atoms with E-state index in [1.165, 1.54) is 53.4 Å². The first-order valence-corrected chi connectivity index (χ1v) is 31.1. The molecule has 4 N–H and O–H groups in total. The molecule has 6 fully saturated rings. The maximum absolute atomic E-state index is 15.4. The van der Waals surface area contributed by atoms with E-state index in [-0.39, 0.29) is 52.1 Å². The summed E-state index contributed by atoms with van der Waals surface area (Å²) in [5.74, 6) is 0.895. The zero-order valence-electron chi connectivity index (χ0n) is 47.6. The van der Waals surface area contributed by atoms with Crippen molar-refractivity contribution in [1.29, 1.82) is 0 Å². The molecule has 4 aliphatic heterocycles. The summed E-state index contributed by atoms with van der Waals surface area (Å²) in [5.41, 5.74) is 6.34. The van der Waals surface area contributed by atoms with Crippen LogP contribution in [-0.4, -0.2) is 128 Å².